The van der Waals surface area contributed by atoms with Gasteiger partial charge in [0.1, 0.15) is 5.75 Å². The summed E-state index contributed by atoms with van der Waals surface area (Å²) in [7, 11) is 0. The van der Waals surface area contributed by atoms with Crippen molar-refractivity contribution in [1.82, 2.24) is 5.32 Å². The zero-order chi connectivity index (χ0) is 11.5. The van der Waals surface area contributed by atoms with E-state index in [-0.39, 0.29) is 0 Å². The van der Waals surface area contributed by atoms with Crippen molar-refractivity contribution < 1.29 is 4.74 Å². The largest absolute Gasteiger partial charge is 0.494 e. The lowest BCUT2D eigenvalue weighted by molar-refractivity contribution is 0.308. The van der Waals surface area contributed by atoms with E-state index in [0.29, 0.717) is 6.42 Å². The lowest BCUT2D eigenvalue weighted by Gasteiger charge is -2.06. The highest BCUT2D eigenvalue weighted by Gasteiger charge is 1.92. The van der Waals surface area contributed by atoms with Gasteiger partial charge in [-0.3, -0.25) is 0 Å². The van der Waals surface area contributed by atoms with Gasteiger partial charge in [-0.2, -0.15) is 5.26 Å². The van der Waals surface area contributed by atoms with Crippen LogP contribution < -0.4 is 10.1 Å². The SMILES string of the molecule is N#CCCCNCCCOc1ccccc1. The summed E-state index contributed by atoms with van der Waals surface area (Å²) in [6, 6.07) is 12.0. The third-order valence-corrected chi connectivity index (χ3v) is 2.15. The van der Waals surface area contributed by atoms with Gasteiger partial charge in [0.05, 0.1) is 12.7 Å². The van der Waals surface area contributed by atoms with Gasteiger partial charge in [-0.25, -0.2) is 0 Å². The molecule has 0 saturated carbocycles. The average molecular weight is 218 g/mol. The molecule has 0 heterocycles. The van der Waals surface area contributed by atoms with E-state index in [4.69, 9.17) is 10.00 Å². The number of nitrogens with one attached hydrogen (secondary N) is 1. The van der Waals surface area contributed by atoms with E-state index in [2.05, 4.69) is 11.4 Å². The van der Waals surface area contributed by atoms with Gasteiger partial charge in [0.15, 0.2) is 0 Å². The topological polar surface area (TPSA) is 45.0 Å². The molecule has 86 valence electrons. The number of benzene rings is 1. The predicted octanol–water partition coefficient (Wildman–Crippen LogP) is 2.35. The van der Waals surface area contributed by atoms with Crippen LogP contribution in [0.3, 0.4) is 0 Å². The Bertz CT molecular complexity index is 305. The number of para-hydroxylation sites is 1. The molecule has 0 bridgehead atoms. The summed E-state index contributed by atoms with van der Waals surface area (Å²) in [5.41, 5.74) is 0. The molecule has 0 fully saturated rings. The van der Waals surface area contributed by atoms with Crippen LogP contribution in [0.2, 0.25) is 0 Å². The van der Waals surface area contributed by atoms with Crippen LogP contribution >= 0.6 is 0 Å². The van der Waals surface area contributed by atoms with Crippen LogP contribution in [0.15, 0.2) is 30.3 Å². The number of rotatable bonds is 8. The molecule has 1 rings (SSSR count). The molecule has 1 aromatic rings. The summed E-state index contributed by atoms with van der Waals surface area (Å²) in [6.07, 6.45) is 2.55. The second kappa shape index (κ2) is 8.75. The first-order valence-corrected chi connectivity index (χ1v) is 5.69. The molecule has 0 aliphatic carbocycles. The molecule has 1 N–H and O–H groups in total. The summed E-state index contributed by atoms with van der Waals surface area (Å²) in [5, 5.41) is 11.6. The maximum Gasteiger partial charge on any atom is 0.119 e. The first-order chi connectivity index (χ1) is 7.93. The molecule has 0 atom stereocenters. The Labute approximate surface area is 97.0 Å². The Morgan fingerprint density at radius 1 is 1.12 bits per heavy atom. The van der Waals surface area contributed by atoms with Crippen LogP contribution in [0.25, 0.3) is 0 Å². The van der Waals surface area contributed by atoms with Crippen LogP contribution in [0, 0.1) is 11.3 Å². The number of nitrogens with zero attached hydrogens (tertiary/aromatic N) is 1. The van der Waals surface area contributed by atoms with Gasteiger partial charge in [-0.1, -0.05) is 18.2 Å². The highest BCUT2D eigenvalue weighted by atomic mass is 16.5. The molecule has 3 heteroatoms. The van der Waals surface area contributed by atoms with Crippen LogP contribution in [0.4, 0.5) is 0 Å². The van der Waals surface area contributed by atoms with Gasteiger partial charge >= 0.3 is 0 Å². The Morgan fingerprint density at radius 3 is 2.62 bits per heavy atom. The third kappa shape index (κ3) is 6.05. The first kappa shape index (κ1) is 12.5. The molecule has 3 nitrogen and oxygen atoms in total. The van der Waals surface area contributed by atoms with E-state index in [1.165, 1.54) is 0 Å². The summed E-state index contributed by atoms with van der Waals surface area (Å²) in [5.74, 6) is 0.923. The summed E-state index contributed by atoms with van der Waals surface area (Å²) >= 11 is 0. The van der Waals surface area contributed by atoms with E-state index in [9.17, 15) is 0 Å². The van der Waals surface area contributed by atoms with Crippen LogP contribution in [0.1, 0.15) is 19.3 Å². The molecule has 0 aliphatic rings. The van der Waals surface area contributed by atoms with E-state index in [1.807, 2.05) is 30.3 Å². The standard InChI is InChI=1S/C13H18N2O/c14-9-4-5-10-15-11-6-12-16-13-7-2-1-3-8-13/h1-3,7-8,15H,4-6,10-12H2. The summed E-state index contributed by atoms with van der Waals surface area (Å²) in [6.45, 7) is 2.59. The van der Waals surface area contributed by atoms with Gasteiger partial charge < -0.3 is 10.1 Å². The van der Waals surface area contributed by atoms with Crippen molar-refractivity contribution in [3.63, 3.8) is 0 Å². The van der Waals surface area contributed by atoms with Crippen molar-refractivity contribution in [3.8, 4) is 11.8 Å². The number of unbranched alkanes of at least 4 members (excludes halogenated alkanes) is 1. The van der Waals surface area contributed by atoms with E-state index in [1.54, 1.807) is 0 Å². The lowest BCUT2D eigenvalue weighted by Crippen LogP contribution is -2.18. The molecule has 16 heavy (non-hydrogen) atoms. The normalized spacial score (nSPS) is 9.69. The van der Waals surface area contributed by atoms with Crippen molar-refractivity contribution in [2.24, 2.45) is 0 Å². The monoisotopic (exact) mass is 218 g/mol. The van der Waals surface area contributed by atoms with Crippen LogP contribution in [-0.4, -0.2) is 19.7 Å². The molecular weight excluding hydrogens is 200 g/mol. The Morgan fingerprint density at radius 2 is 1.88 bits per heavy atom. The van der Waals surface area contributed by atoms with Crippen LogP contribution in [0.5, 0.6) is 5.75 Å². The van der Waals surface area contributed by atoms with E-state index >= 15 is 0 Å². The minimum absolute atomic E-state index is 0.632. The minimum Gasteiger partial charge on any atom is -0.494 e. The first-order valence-electron chi connectivity index (χ1n) is 5.69. The predicted molar refractivity (Wildman–Crippen MR) is 64.3 cm³/mol. The van der Waals surface area contributed by atoms with Crippen molar-refractivity contribution >= 4 is 0 Å². The maximum absolute atomic E-state index is 8.34. The number of nitriles is 1. The fraction of sp³-hybridized carbons (Fsp3) is 0.462. The van der Waals surface area contributed by atoms with E-state index < -0.39 is 0 Å². The zero-order valence-corrected chi connectivity index (χ0v) is 9.48. The smallest absolute Gasteiger partial charge is 0.119 e. The third-order valence-electron chi connectivity index (χ3n) is 2.15. The van der Waals surface area contributed by atoms with Gasteiger partial charge in [-0.05, 0) is 38.1 Å². The quantitative estimate of drug-likeness (QED) is 0.681. The fourth-order valence-electron chi connectivity index (χ4n) is 1.32. The Hall–Kier alpha value is -1.53. The molecule has 0 radical (unpaired) electrons. The zero-order valence-electron chi connectivity index (χ0n) is 9.48. The van der Waals surface area contributed by atoms with Gasteiger partial charge in [0.2, 0.25) is 0 Å². The van der Waals surface area contributed by atoms with Crippen LogP contribution in [-0.2, 0) is 0 Å². The molecular formula is C13H18N2O. The van der Waals surface area contributed by atoms with E-state index in [0.717, 1.165) is 38.3 Å². The van der Waals surface area contributed by atoms with Crippen molar-refractivity contribution in [2.75, 3.05) is 19.7 Å². The second-order valence-electron chi connectivity index (χ2n) is 3.53. The van der Waals surface area contributed by atoms with Gasteiger partial charge in [-0.15, -0.1) is 0 Å². The molecule has 0 unspecified atom stereocenters. The molecule has 0 aromatic heterocycles. The average Bonchev–Trinajstić information content (AvgIpc) is 2.34. The molecule has 1 aromatic carbocycles. The number of hydrogen-bond acceptors (Lipinski definition) is 3. The molecule has 0 saturated heterocycles. The highest BCUT2D eigenvalue weighted by Crippen LogP contribution is 2.07. The molecule has 0 aliphatic heterocycles. The number of ether oxygens (including phenoxy) is 1. The number of hydrogen-bond donors (Lipinski definition) is 1. The van der Waals surface area contributed by atoms with Gasteiger partial charge in [0.25, 0.3) is 0 Å². The van der Waals surface area contributed by atoms with Crippen molar-refractivity contribution in [1.29, 1.82) is 5.26 Å². The molecule has 0 spiro atoms. The second-order valence-corrected chi connectivity index (χ2v) is 3.53. The Balaban J connectivity index is 1.91. The molecule has 0 amide bonds. The van der Waals surface area contributed by atoms with Crippen molar-refractivity contribution in [2.45, 2.75) is 19.3 Å². The minimum atomic E-state index is 0.632. The lowest BCUT2D eigenvalue weighted by atomic mass is 10.3. The summed E-state index contributed by atoms with van der Waals surface area (Å²) < 4.78 is 5.54. The summed E-state index contributed by atoms with van der Waals surface area (Å²) in [4.78, 5) is 0. The maximum atomic E-state index is 8.34. The fourth-order valence-corrected chi connectivity index (χ4v) is 1.32. The highest BCUT2D eigenvalue weighted by molar-refractivity contribution is 5.20. The Kier molecular flexibility index (Phi) is 6.86. The van der Waals surface area contributed by atoms with Crippen molar-refractivity contribution in [3.05, 3.63) is 30.3 Å². The van der Waals surface area contributed by atoms with Gasteiger partial charge in [0, 0.05) is 6.42 Å².